The van der Waals surface area contributed by atoms with Gasteiger partial charge in [-0.15, -0.1) is 0 Å². The van der Waals surface area contributed by atoms with E-state index in [1.807, 2.05) is 18.2 Å². The summed E-state index contributed by atoms with van der Waals surface area (Å²) >= 11 is 9.54. The van der Waals surface area contributed by atoms with Crippen LogP contribution in [-0.2, 0) is 4.74 Å². The lowest BCUT2D eigenvalue weighted by atomic mass is 10.1. The largest absolute Gasteiger partial charge is 0.388 e. The summed E-state index contributed by atoms with van der Waals surface area (Å²) in [5.74, 6) is 0.633. The number of aliphatic hydroxyl groups is 1. The number of hydrogen-bond donors (Lipinski definition) is 1. The Labute approximate surface area is 134 Å². The number of benzene rings is 1. The highest BCUT2D eigenvalue weighted by atomic mass is 79.9. The van der Waals surface area contributed by atoms with E-state index in [-0.39, 0.29) is 0 Å². The number of aliphatic hydroxyl groups excluding tert-OH is 1. The molecule has 1 fully saturated rings. The van der Waals surface area contributed by atoms with Crippen LogP contribution in [0.25, 0.3) is 0 Å². The Morgan fingerprint density at radius 1 is 1.55 bits per heavy atom. The second kappa shape index (κ2) is 7.76. The van der Waals surface area contributed by atoms with Gasteiger partial charge in [0.1, 0.15) is 0 Å². The van der Waals surface area contributed by atoms with Crippen LogP contribution in [0.2, 0.25) is 5.02 Å². The summed E-state index contributed by atoms with van der Waals surface area (Å²) in [5.41, 5.74) is 0.808. The number of halogens is 2. The van der Waals surface area contributed by atoms with E-state index >= 15 is 0 Å². The van der Waals surface area contributed by atoms with Crippen LogP contribution in [0, 0.1) is 5.92 Å². The summed E-state index contributed by atoms with van der Waals surface area (Å²) in [6.07, 6.45) is 1.39. The van der Waals surface area contributed by atoms with Crippen molar-refractivity contribution in [3.05, 3.63) is 33.3 Å². The third kappa shape index (κ3) is 4.43. The van der Waals surface area contributed by atoms with Gasteiger partial charge in [-0.25, -0.2) is 0 Å². The molecule has 1 aliphatic rings. The molecule has 1 saturated heterocycles. The van der Waals surface area contributed by atoms with Crippen molar-refractivity contribution in [2.45, 2.75) is 18.9 Å². The fraction of sp³-hybridized carbons (Fsp3) is 0.600. The second-order valence-electron chi connectivity index (χ2n) is 5.38. The van der Waals surface area contributed by atoms with Gasteiger partial charge >= 0.3 is 0 Å². The zero-order chi connectivity index (χ0) is 14.5. The smallest absolute Gasteiger partial charge is 0.0816 e. The molecule has 1 heterocycles. The minimum atomic E-state index is -0.503. The minimum Gasteiger partial charge on any atom is -0.388 e. The molecule has 0 amide bonds. The molecule has 3 nitrogen and oxygen atoms in total. The molecule has 1 N–H and O–H groups in total. The van der Waals surface area contributed by atoms with Crippen molar-refractivity contribution in [3.8, 4) is 0 Å². The van der Waals surface area contributed by atoms with Crippen molar-refractivity contribution in [2.24, 2.45) is 5.92 Å². The number of hydrogen-bond acceptors (Lipinski definition) is 3. The first-order chi connectivity index (χ1) is 9.60. The second-order valence-corrected chi connectivity index (χ2v) is 6.70. The summed E-state index contributed by atoms with van der Waals surface area (Å²) in [5, 5.41) is 10.9. The summed E-state index contributed by atoms with van der Waals surface area (Å²) in [4.78, 5) is 2.39. The molecule has 0 radical (unpaired) electrons. The fourth-order valence-corrected chi connectivity index (χ4v) is 3.52. The molecule has 2 rings (SSSR count). The maximum Gasteiger partial charge on any atom is 0.0816 e. The number of methoxy groups -OCH3 is 1. The highest BCUT2D eigenvalue weighted by Crippen LogP contribution is 2.28. The van der Waals surface area contributed by atoms with E-state index in [0.717, 1.165) is 36.3 Å². The molecule has 0 aliphatic carbocycles. The van der Waals surface area contributed by atoms with Gasteiger partial charge in [0.25, 0.3) is 0 Å². The Morgan fingerprint density at radius 3 is 3.05 bits per heavy atom. The molecule has 1 aliphatic heterocycles. The van der Waals surface area contributed by atoms with Crippen LogP contribution >= 0.6 is 27.5 Å². The molecular formula is C15H21BrClNO2. The average molecular weight is 363 g/mol. The van der Waals surface area contributed by atoms with Gasteiger partial charge in [-0.05, 0) is 43.0 Å². The molecule has 112 valence electrons. The van der Waals surface area contributed by atoms with Gasteiger partial charge in [0.2, 0.25) is 0 Å². The van der Waals surface area contributed by atoms with Crippen LogP contribution < -0.4 is 0 Å². The summed E-state index contributed by atoms with van der Waals surface area (Å²) < 4.78 is 6.13. The predicted molar refractivity (Wildman–Crippen MR) is 85.2 cm³/mol. The Morgan fingerprint density at radius 2 is 2.35 bits per heavy atom. The van der Waals surface area contributed by atoms with Crippen LogP contribution in [0.4, 0.5) is 0 Å². The minimum absolute atomic E-state index is 0.503. The van der Waals surface area contributed by atoms with Crippen molar-refractivity contribution in [1.82, 2.24) is 4.90 Å². The van der Waals surface area contributed by atoms with Gasteiger partial charge < -0.3 is 14.7 Å². The molecule has 0 aromatic heterocycles. The zero-order valence-electron chi connectivity index (χ0n) is 11.7. The highest BCUT2D eigenvalue weighted by molar-refractivity contribution is 9.10. The van der Waals surface area contributed by atoms with Crippen molar-refractivity contribution in [2.75, 3.05) is 33.4 Å². The van der Waals surface area contributed by atoms with Crippen LogP contribution in [0.15, 0.2) is 22.7 Å². The molecule has 0 saturated carbocycles. The highest BCUT2D eigenvalue weighted by Gasteiger charge is 2.23. The number of ether oxygens (including phenoxy) is 1. The average Bonchev–Trinajstić information content (AvgIpc) is 2.84. The molecule has 0 spiro atoms. The van der Waals surface area contributed by atoms with Gasteiger partial charge in [-0.3, -0.25) is 0 Å². The fourth-order valence-electron chi connectivity index (χ4n) is 2.72. The molecular weight excluding hydrogens is 342 g/mol. The zero-order valence-corrected chi connectivity index (χ0v) is 14.0. The van der Waals surface area contributed by atoms with E-state index in [4.69, 9.17) is 16.3 Å². The van der Waals surface area contributed by atoms with Crippen LogP contribution in [-0.4, -0.2) is 43.4 Å². The third-order valence-corrected chi connectivity index (χ3v) is 4.63. The Balaban J connectivity index is 1.82. The van der Waals surface area contributed by atoms with E-state index < -0.39 is 6.10 Å². The quantitative estimate of drug-likeness (QED) is 0.841. The molecule has 1 aromatic rings. The molecule has 2 unspecified atom stereocenters. The normalized spacial score (nSPS) is 21.3. The lowest BCUT2D eigenvalue weighted by Gasteiger charge is -2.19. The van der Waals surface area contributed by atoms with Gasteiger partial charge in [0.15, 0.2) is 0 Å². The van der Waals surface area contributed by atoms with Crippen molar-refractivity contribution < 1.29 is 9.84 Å². The van der Waals surface area contributed by atoms with Gasteiger partial charge in [0, 0.05) is 29.7 Å². The van der Waals surface area contributed by atoms with E-state index in [9.17, 15) is 5.11 Å². The van der Waals surface area contributed by atoms with E-state index in [2.05, 4.69) is 20.8 Å². The first-order valence-corrected chi connectivity index (χ1v) is 8.11. The van der Waals surface area contributed by atoms with Crippen LogP contribution in [0.5, 0.6) is 0 Å². The summed E-state index contributed by atoms with van der Waals surface area (Å²) in [6, 6.07) is 5.62. The first kappa shape index (κ1) is 16.2. The van der Waals surface area contributed by atoms with Gasteiger partial charge in [-0.2, -0.15) is 0 Å². The molecule has 1 aromatic carbocycles. The third-order valence-electron chi connectivity index (χ3n) is 3.81. The lowest BCUT2D eigenvalue weighted by Crippen LogP contribution is -2.24. The standard InChI is InChI=1S/C15H21BrClNO2/c1-20-10-11-4-6-18(9-11)7-5-15(19)13-3-2-12(16)8-14(13)17/h2-3,8,11,15,19H,4-7,9-10H2,1H3. The van der Waals surface area contributed by atoms with E-state index in [0.29, 0.717) is 17.4 Å². The summed E-state index contributed by atoms with van der Waals surface area (Å²) in [7, 11) is 1.75. The number of rotatable bonds is 6. The first-order valence-electron chi connectivity index (χ1n) is 6.94. The summed E-state index contributed by atoms with van der Waals surface area (Å²) in [6.45, 7) is 3.88. The van der Waals surface area contributed by atoms with Crippen molar-refractivity contribution >= 4 is 27.5 Å². The number of nitrogens with zero attached hydrogens (tertiary/aromatic N) is 1. The van der Waals surface area contributed by atoms with Crippen LogP contribution in [0.3, 0.4) is 0 Å². The SMILES string of the molecule is COCC1CCN(CCC(O)c2ccc(Br)cc2Cl)C1. The van der Waals surface area contributed by atoms with Crippen LogP contribution in [0.1, 0.15) is 24.5 Å². The Kier molecular flexibility index (Phi) is 6.30. The molecule has 0 bridgehead atoms. The number of likely N-dealkylation sites (tertiary alicyclic amines) is 1. The monoisotopic (exact) mass is 361 g/mol. The van der Waals surface area contributed by atoms with Crippen molar-refractivity contribution in [1.29, 1.82) is 0 Å². The van der Waals surface area contributed by atoms with Gasteiger partial charge in [0.05, 0.1) is 12.7 Å². The van der Waals surface area contributed by atoms with E-state index in [1.54, 1.807) is 7.11 Å². The molecule has 5 heteroatoms. The lowest BCUT2D eigenvalue weighted by molar-refractivity contribution is 0.137. The molecule has 2 atom stereocenters. The molecule has 20 heavy (non-hydrogen) atoms. The topological polar surface area (TPSA) is 32.7 Å². The maximum atomic E-state index is 10.3. The van der Waals surface area contributed by atoms with E-state index in [1.165, 1.54) is 6.42 Å². The van der Waals surface area contributed by atoms with Crippen molar-refractivity contribution in [3.63, 3.8) is 0 Å². The maximum absolute atomic E-state index is 10.3. The predicted octanol–water partition coefficient (Wildman–Crippen LogP) is 3.49. The van der Waals surface area contributed by atoms with Gasteiger partial charge in [-0.1, -0.05) is 33.6 Å². The Bertz CT molecular complexity index is 444. The Hall–Kier alpha value is -0.130.